The number of aryl methyl sites for hydroxylation is 1. The summed E-state index contributed by atoms with van der Waals surface area (Å²) < 4.78 is 17.1. The third-order valence-corrected chi connectivity index (χ3v) is 3.69. The zero-order valence-electron chi connectivity index (χ0n) is 11.8. The number of halogens is 2. The van der Waals surface area contributed by atoms with Crippen LogP contribution in [0.5, 0.6) is 5.75 Å². The van der Waals surface area contributed by atoms with E-state index in [2.05, 4.69) is 26.1 Å². The van der Waals surface area contributed by atoms with Crippen LogP contribution < -0.4 is 4.74 Å². The Morgan fingerprint density at radius 2 is 2.09 bits per heavy atom. The smallest absolute Gasteiger partial charge is 0.267 e. The molecule has 0 bridgehead atoms. The maximum Gasteiger partial charge on any atom is 0.267 e. The van der Waals surface area contributed by atoms with Crippen molar-refractivity contribution < 1.29 is 13.7 Å². The summed E-state index contributed by atoms with van der Waals surface area (Å²) in [5, 5.41) is 4.56. The highest BCUT2D eigenvalue weighted by Gasteiger charge is 2.19. The van der Waals surface area contributed by atoms with Gasteiger partial charge in [0.1, 0.15) is 5.75 Å². The minimum Gasteiger partial charge on any atom is -0.481 e. The van der Waals surface area contributed by atoms with Gasteiger partial charge in [0.05, 0.1) is 0 Å². The van der Waals surface area contributed by atoms with Gasteiger partial charge in [0, 0.05) is 5.02 Å². The first-order chi connectivity index (χ1) is 10.5. The van der Waals surface area contributed by atoms with Gasteiger partial charge in [0.2, 0.25) is 5.82 Å². The predicted molar refractivity (Wildman–Crippen MR) is 84.9 cm³/mol. The summed E-state index contributed by atoms with van der Waals surface area (Å²) in [5.41, 5.74) is 0.939. The standard InChI is InChI=1S/C15H12BrClN2O3/c1-8-7-10(17)3-4-11(8)20-9(2)15-18-14(19-22-15)12-5-6-13(16)21-12/h3-7,9H,1-2H3. The Balaban J connectivity index is 1.78. The van der Waals surface area contributed by atoms with E-state index >= 15 is 0 Å². The number of aromatic nitrogens is 2. The monoisotopic (exact) mass is 382 g/mol. The molecule has 0 aliphatic heterocycles. The van der Waals surface area contributed by atoms with E-state index in [-0.39, 0.29) is 6.10 Å². The summed E-state index contributed by atoms with van der Waals surface area (Å²) in [6.07, 6.45) is -0.389. The third kappa shape index (κ3) is 3.18. The summed E-state index contributed by atoms with van der Waals surface area (Å²) in [4.78, 5) is 4.29. The molecule has 1 atom stereocenters. The van der Waals surface area contributed by atoms with E-state index in [1.54, 1.807) is 18.2 Å². The first-order valence-corrected chi connectivity index (χ1v) is 7.72. The minimum atomic E-state index is -0.389. The molecule has 0 saturated carbocycles. The molecule has 0 spiro atoms. The molecule has 1 unspecified atom stereocenters. The van der Waals surface area contributed by atoms with E-state index in [9.17, 15) is 0 Å². The minimum absolute atomic E-state index is 0.372. The highest BCUT2D eigenvalue weighted by molar-refractivity contribution is 9.10. The SMILES string of the molecule is Cc1cc(Cl)ccc1OC(C)c1nc(-c2ccc(Br)o2)no1. The van der Waals surface area contributed by atoms with Crippen molar-refractivity contribution in [3.05, 3.63) is 51.5 Å². The van der Waals surface area contributed by atoms with E-state index < -0.39 is 0 Å². The van der Waals surface area contributed by atoms with Crippen LogP contribution in [-0.2, 0) is 0 Å². The number of ether oxygens (including phenoxy) is 1. The van der Waals surface area contributed by atoms with Crippen LogP contribution in [0.3, 0.4) is 0 Å². The number of benzene rings is 1. The van der Waals surface area contributed by atoms with Gasteiger partial charge in [-0.25, -0.2) is 0 Å². The van der Waals surface area contributed by atoms with Gasteiger partial charge in [-0.3, -0.25) is 0 Å². The van der Waals surface area contributed by atoms with Crippen molar-refractivity contribution in [2.45, 2.75) is 20.0 Å². The lowest BCUT2D eigenvalue weighted by molar-refractivity contribution is 0.175. The van der Waals surface area contributed by atoms with Gasteiger partial charge in [0.15, 0.2) is 16.5 Å². The Bertz CT molecular complexity index is 800. The van der Waals surface area contributed by atoms with Crippen LogP contribution in [0.25, 0.3) is 11.6 Å². The fourth-order valence-electron chi connectivity index (χ4n) is 1.92. The van der Waals surface area contributed by atoms with Crippen LogP contribution in [0.15, 0.2) is 43.9 Å². The van der Waals surface area contributed by atoms with Gasteiger partial charge < -0.3 is 13.7 Å². The highest BCUT2D eigenvalue weighted by Crippen LogP contribution is 2.28. The Morgan fingerprint density at radius 1 is 1.27 bits per heavy atom. The number of hydrogen-bond acceptors (Lipinski definition) is 5. The molecule has 3 aromatic rings. The second kappa shape index (κ2) is 6.14. The molecule has 114 valence electrons. The highest BCUT2D eigenvalue weighted by atomic mass is 79.9. The number of furan rings is 1. The Hall–Kier alpha value is -1.79. The molecule has 3 rings (SSSR count). The van der Waals surface area contributed by atoms with Gasteiger partial charge in [-0.15, -0.1) is 0 Å². The lowest BCUT2D eigenvalue weighted by atomic mass is 10.2. The molecule has 0 amide bonds. The molecule has 2 heterocycles. The zero-order chi connectivity index (χ0) is 15.7. The van der Waals surface area contributed by atoms with Gasteiger partial charge in [0.25, 0.3) is 5.89 Å². The zero-order valence-corrected chi connectivity index (χ0v) is 14.2. The van der Waals surface area contributed by atoms with Crippen molar-refractivity contribution >= 4 is 27.5 Å². The largest absolute Gasteiger partial charge is 0.481 e. The topological polar surface area (TPSA) is 61.3 Å². The lowest BCUT2D eigenvalue weighted by Gasteiger charge is -2.13. The van der Waals surface area contributed by atoms with Crippen LogP contribution >= 0.6 is 27.5 Å². The fourth-order valence-corrected chi connectivity index (χ4v) is 2.45. The first-order valence-electron chi connectivity index (χ1n) is 6.55. The third-order valence-electron chi connectivity index (χ3n) is 3.02. The summed E-state index contributed by atoms with van der Waals surface area (Å²) >= 11 is 9.17. The summed E-state index contributed by atoms with van der Waals surface area (Å²) in [6.45, 7) is 3.76. The van der Waals surface area contributed by atoms with Crippen LogP contribution in [0.2, 0.25) is 5.02 Å². The Morgan fingerprint density at radius 3 is 2.77 bits per heavy atom. The quantitative estimate of drug-likeness (QED) is 0.620. The molecule has 7 heteroatoms. The number of nitrogens with zero attached hydrogens (tertiary/aromatic N) is 2. The Kier molecular flexibility index (Phi) is 4.22. The number of rotatable bonds is 4. The van der Waals surface area contributed by atoms with E-state index in [0.717, 1.165) is 11.3 Å². The molecular formula is C15H12BrClN2O3. The molecule has 0 saturated heterocycles. The van der Waals surface area contributed by atoms with Crippen LogP contribution in [0, 0.1) is 6.92 Å². The predicted octanol–water partition coefficient (Wildman–Crippen LogP) is 5.19. The van der Waals surface area contributed by atoms with Crippen molar-refractivity contribution in [3.8, 4) is 17.3 Å². The van der Waals surface area contributed by atoms with Gasteiger partial charge in [-0.1, -0.05) is 16.8 Å². The molecule has 0 aliphatic rings. The van der Waals surface area contributed by atoms with Crippen molar-refractivity contribution in [1.82, 2.24) is 10.1 Å². The first kappa shape index (κ1) is 15.1. The molecule has 1 aromatic carbocycles. The Labute approximate surface area is 140 Å². The van der Waals surface area contributed by atoms with Crippen LogP contribution in [-0.4, -0.2) is 10.1 Å². The van der Waals surface area contributed by atoms with Crippen molar-refractivity contribution in [1.29, 1.82) is 0 Å². The van der Waals surface area contributed by atoms with Crippen molar-refractivity contribution in [2.75, 3.05) is 0 Å². The maximum absolute atomic E-state index is 5.93. The molecule has 0 aliphatic carbocycles. The molecule has 0 fully saturated rings. The molecule has 5 nitrogen and oxygen atoms in total. The fraction of sp³-hybridized carbons (Fsp3) is 0.200. The van der Waals surface area contributed by atoms with E-state index in [1.807, 2.05) is 26.0 Å². The molecule has 22 heavy (non-hydrogen) atoms. The summed E-state index contributed by atoms with van der Waals surface area (Å²) in [6, 6.07) is 8.95. The second-order valence-electron chi connectivity index (χ2n) is 4.73. The van der Waals surface area contributed by atoms with Crippen LogP contribution in [0.1, 0.15) is 24.5 Å². The second-order valence-corrected chi connectivity index (χ2v) is 5.95. The molecule has 0 N–H and O–H groups in total. The van der Waals surface area contributed by atoms with Gasteiger partial charge in [-0.2, -0.15) is 4.98 Å². The van der Waals surface area contributed by atoms with Crippen molar-refractivity contribution in [2.24, 2.45) is 0 Å². The molecule has 0 radical (unpaired) electrons. The number of hydrogen-bond donors (Lipinski definition) is 0. The normalized spacial score (nSPS) is 12.4. The van der Waals surface area contributed by atoms with E-state index in [4.69, 9.17) is 25.3 Å². The molecule has 2 aromatic heterocycles. The van der Waals surface area contributed by atoms with Crippen molar-refractivity contribution in [3.63, 3.8) is 0 Å². The molecular weight excluding hydrogens is 372 g/mol. The average Bonchev–Trinajstić information content (AvgIpc) is 3.10. The van der Waals surface area contributed by atoms with E-state index in [1.165, 1.54) is 0 Å². The summed E-state index contributed by atoms with van der Waals surface area (Å²) in [7, 11) is 0. The summed E-state index contributed by atoms with van der Waals surface area (Å²) in [5.74, 6) is 2.00. The van der Waals surface area contributed by atoms with Gasteiger partial charge >= 0.3 is 0 Å². The average molecular weight is 384 g/mol. The van der Waals surface area contributed by atoms with Crippen LogP contribution in [0.4, 0.5) is 0 Å². The lowest BCUT2D eigenvalue weighted by Crippen LogP contribution is -2.04. The maximum atomic E-state index is 5.93. The van der Waals surface area contributed by atoms with E-state index in [0.29, 0.717) is 27.2 Å². The van der Waals surface area contributed by atoms with Gasteiger partial charge in [-0.05, 0) is 65.7 Å².